The molecule has 1 unspecified atom stereocenters. The molecule has 19 heavy (non-hydrogen) atoms. The lowest BCUT2D eigenvalue weighted by Crippen LogP contribution is -2.07. The molecule has 2 rings (SSSR count). The Hall–Kier alpha value is -2.16. The molecule has 2 nitrogen and oxygen atoms in total. The zero-order valence-corrected chi connectivity index (χ0v) is 10.9. The predicted octanol–water partition coefficient (Wildman–Crippen LogP) is 3.99. The van der Waals surface area contributed by atoms with Crippen molar-refractivity contribution in [2.75, 3.05) is 0 Å². The van der Waals surface area contributed by atoms with Crippen molar-refractivity contribution in [3.8, 4) is 11.1 Å². The monoisotopic (exact) mass is 258 g/mol. The molecule has 0 saturated heterocycles. The summed E-state index contributed by atoms with van der Waals surface area (Å²) in [4.78, 5) is 11.0. The van der Waals surface area contributed by atoms with Gasteiger partial charge in [0.05, 0.1) is 5.92 Å². The average molecular weight is 258 g/mol. The summed E-state index contributed by atoms with van der Waals surface area (Å²) in [5, 5.41) is 9.02. The van der Waals surface area contributed by atoms with Crippen LogP contribution >= 0.6 is 0 Å². The van der Waals surface area contributed by atoms with Crippen LogP contribution in [0, 0.1) is 12.7 Å². The third kappa shape index (κ3) is 2.81. The molecule has 1 N–H and O–H groups in total. The van der Waals surface area contributed by atoms with E-state index in [1.807, 2.05) is 6.92 Å². The van der Waals surface area contributed by atoms with Gasteiger partial charge in [0, 0.05) is 5.56 Å². The van der Waals surface area contributed by atoms with Crippen LogP contribution in [0.2, 0.25) is 0 Å². The number of carboxylic acid groups (broad SMARTS) is 1. The summed E-state index contributed by atoms with van der Waals surface area (Å²) in [6.45, 7) is 3.51. The van der Waals surface area contributed by atoms with E-state index in [0.29, 0.717) is 16.7 Å². The minimum atomic E-state index is -0.887. The van der Waals surface area contributed by atoms with Gasteiger partial charge >= 0.3 is 5.97 Å². The number of hydrogen-bond donors (Lipinski definition) is 1. The van der Waals surface area contributed by atoms with Gasteiger partial charge in [-0.15, -0.1) is 0 Å². The van der Waals surface area contributed by atoms with Gasteiger partial charge in [0.2, 0.25) is 0 Å². The topological polar surface area (TPSA) is 37.3 Å². The SMILES string of the molecule is Cc1ccc(F)c(-c2cccc(C(C)C(=O)O)c2)c1. The number of aliphatic carboxylic acids is 1. The van der Waals surface area contributed by atoms with Crippen LogP contribution in [0.4, 0.5) is 4.39 Å². The van der Waals surface area contributed by atoms with E-state index in [1.165, 1.54) is 6.07 Å². The van der Waals surface area contributed by atoms with Gasteiger partial charge in [-0.05, 0) is 37.1 Å². The Bertz CT molecular complexity index is 620. The second kappa shape index (κ2) is 5.22. The van der Waals surface area contributed by atoms with E-state index >= 15 is 0 Å². The van der Waals surface area contributed by atoms with Crippen LogP contribution < -0.4 is 0 Å². The lowest BCUT2D eigenvalue weighted by molar-refractivity contribution is -0.138. The number of carbonyl (C=O) groups is 1. The van der Waals surface area contributed by atoms with E-state index in [1.54, 1.807) is 43.3 Å². The Balaban J connectivity index is 2.49. The highest BCUT2D eigenvalue weighted by molar-refractivity contribution is 5.77. The first kappa shape index (κ1) is 13.3. The zero-order chi connectivity index (χ0) is 14.0. The van der Waals surface area contributed by atoms with Gasteiger partial charge in [-0.1, -0.05) is 35.9 Å². The van der Waals surface area contributed by atoms with Crippen LogP contribution in [0.5, 0.6) is 0 Å². The van der Waals surface area contributed by atoms with E-state index in [2.05, 4.69) is 0 Å². The molecule has 0 aromatic heterocycles. The summed E-state index contributed by atoms with van der Waals surface area (Å²) in [6, 6.07) is 11.9. The number of benzene rings is 2. The lowest BCUT2D eigenvalue weighted by Gasteiger charge is -2.10. The minimum absolute atomic E-state index is 0.300. The van der Waals surface area contributed by atoms with Crippen molar-refractivity contribution >= 4 is 5.97 Å². The smallest absolute Gasteiger partial charge is 0.310 e. The highest BCUT2D eigenvalue weighted by atomic mass is 19.1. The van der Waals surface area contributed by atoms with Crippen molar-refractivity contribution in [3.05, 3.63) is 59.4 Å². The maximum atomic E-state index is 13.8. The molecular weight excluding hydrogens is 243 g/mol. The molecule has 0 amide bonds. The quantitative estimate of drug-likeness (QED) is 0.903. The fourth-order valence-corrected chi connectivity index (χ4v) is 1.98. The number of halogens is 1. The fraction of sp³-hybridized carbons (Fsp3) is 0.188. The van der Waals surface area contributed by atoms with Crippen LogP contribution in [0.25, 0.3) is 11.1 Å². The first-order valence-corrected chi connectivity index (χ1v) is 6.08. The van der Waals surface area contributed by atoms with E-state index in [0.717, 1.165) is 5.56 Å². The van der Waals surface area contributed by atoms with Gasteiger partial charge in [0.15, 0.2) is 0 Å². The van der Waals surface area contributed by atoms with Gasteiger partial charge in [0.1, 0.15) is 5.82 Å². The Kier molecular flexibility index (Phi) is 3.65. The molecule has 1 atom stereocenters. The lowest BCUT2D eigenvalue weighted by atomic mass is 9.95. The zero-order valence-electron chi connectivity index (χ0n) is 10.9. The molecule has 0 saturated carbocycles. The van der Waals surface area contributed by atoms with Crippen molar-refractivity contribution in [1.82, 2.24) is 0 Å². The predicted molar refractivity (Wildman–Crippen MR) is 72.6 cm³/mol. The van der Waals surface area contributed by atoms with Crippen LogP contribution in [-0.4, -0.2) is 11.1 Å². The van der Waals surface area contributed by atoms with E-state index in [4.69, 9.17) is 5.11 Å². The highest BCUT2D eigenvalue weighted by Gasteiger charge is 2.14. The summed E-state index contributed by atoms with van der Waals surface area (Å²) in [5.74, 6) is -1.79. The first-order valence-electron chi connectivity index (χ1n) is 6.08. The summed E-state index contributed by atoms with van der Waals surface area (Å²) < 4.78 is 13.8. The molecular formula is C16H15FO2. The second-order valence-electron chi connectivity index (χ2n) is 4.67. The highest BCUT2D eigenvalue weighted by Crippen LogP contribution is 2.27. The number of aryl methyl sites for hydroxylation is 1. The van der Waals surface area contributed by atoms with E-state index in [9.17, 15) is 9.18 Å². The largest absolute Gasteiger partial charge is 0.481 e. The normalized spacial score (nSPS) is 12.2. The molecule has 98 valence electrons. The minimum Gasteiger partial charge on any atom is -0.481 e. The maximum absolute atomic E-state index is 13.8. The summed E-state index contributed by atoms with van der Waals surface area (Å²) in [5.41, 5.74) is 2.84. The second-order valence-corrected chi connectivity index (χ2v) is 4.67. The molecule has 0 heterocycles. The molecule has 2 aromatic carbocycles. The summed E-state index contributed by atoms with van der Waals surface area (Å²) in [6.07, 6.45) is 0. The summed E-state index contributed by atoms with van der Waals surface area (Å²) >= 11 is 0. The number of hydrogen-bond acceptors (Lipinski definition) is 1. The van der Waals surface area contributed by atoms with Crippen LogP contribution in [0.15, 0.2) is 42.5 Å². The standard InChI is InChI=1S/C16H15FO2/c1-10-6-7-15(17)14(8-10)13-5-3-4-12(9-13)11(2)16(18)19/h3-9,11H,1-2H3,(H,18,19). The van der Waals surface area contributed by atoms with Gasteiger partial charge in [-0.3, -0.25) is 4.79 Å². The number of rotatable bonds is 3. The van der Waals surface area contributed by atoms with Gasteiger partial charge < -0.3 is 5.11 Å². The van der Waals surface area contributed by atoms with Crippen molar-refractivity contribution in [2.45, 2.75) is 19.8 Å². The molecule has 0 aliphatic carbocycles. The van der Waals surface area contributed by atoms with Crippen molar-refractivity contribution in [3.63, 3.8) is 0 Å². The maximum Gasteiger partial charge on any atom is 0.310 e. The molecule has 2 aromatic rings. The van der Waals surface area contributed by atoms with Crippen LogP contribution in [0.3, 0.4) is 0 Å². The molecule has 0 spiro atoms. The van der Waals surface area contributed by atoms with Crippen molar-refractivity contribution < 1.29 is 14.3 Å². The van der Waals surface area contributed by atoms with E-state index < -0.39 is 11.9 Å². The van der Waals surface area contributed by atoms with Crippen LogP contribution in [-0.2, 0) is 4.79 Å². The number of carboxylic acids is 1. The molecule has 0 aliphatic rings. The Labute approximate surface area is 111 Å². The van der Waals surface area contributed by atoms with E-state index in [-0.39, 0.29) is 5.82 Å². The first-order chi connectivity index (χ1) is 8.99. The van der Waals surface area contributed by atoms with Gasteiger partial charge in [-0.2, -0.15) is 0 Å². The molecule has 0 aliphatic heterocycles. The summed E-state index contributed by atoms with van der Waals surface area (Å²) in [7, 11) is 0. The van der Waals surface area contributed by atoms with Gasteiger partial charge in [0.25, 0.3) is 0 Å². The fourth-order valence-electron chi connectivity index (χ4n) is 1.98. The third-order valence-corrected chi connectivity index (χ3v) is 3.19. The Morgan fingerprint density at radius 2 is 1.95 bits per heavy atom. The van der Waals surface area contributed by atoms with Gasteiger partial charge in [-0.25, -0.2) is 4.39 Å². The van der Waals surface area contributed by atoms with Crippen LogP contribution in [0.1, 0.15) is 24.0 Å². The average Bonchev–Trinajstić information content (AvgIpc) is 2.40. The third-order valence-electron chi connectivity index (χ3n) is 3.19. The molecule has 3 heteroatoms. The molecule has 0 bridgehead atoms. The van der Waals surface area contributed by atoms with Crippen molar-refractivity contribution in [2.24, 2.45) is 0 Å². The Morgan fingerprint density at radius 3 is 2.63 bits per heavy atom. The van der Waals surface area contributed by atoms with Crippen molar-refractivity contribution in [1.29, 1.82) is 0 Å². The Morgan fingerprint density at radius 1 is 1.21 bits per heavy atom. The molecule has 0 radical (unpaired) electrons. The molecule has 0 fully saturated rings.